The van der Waals surface area contributed by atoms with E-state index >= 15 is 0 Å². The predicted octanol–water partition coefficient (Wildman–Crippen LogP) is 1.39. The lowest BCUT2D eigenvalue weighted by Crippen LogP contribution is -2.26. The van der Waals surface area contributed by atoms with Crippen LogP contribution in [-0.2, 0) is 6.54 Å². The second-order valence-corrected chi connectivity index (χ2v) is 4.17. The van der Waals surface area contributed by atoms with E-state index in [0.717, 1.165) is 30.7 Å². The highest BCUT2D eigenvalue weighted by molar-refractivity contribution is 6.04. The molecular formula is C11H17N5. The summed E-state index contributed by atoms with van der Waals surface area (Å²) in [4.78, 5) is 0. The molecule has 86 valence electrons. The molecule has 0 radical (unpaired) electrons. The highest BCUT2D eigenvalue weighted by Crippen LogP contribution is 2.15. The van der Waals surface area contributed by atoms with Crippen LogP contribution in [-0.4, -0.2) is 21.3 Å². The Morgan fingerprint density at radius 2 is 2.31 bits per heavy atom. The van der Waals surface area contributed by atoms with Gasteiger partial charge in [-0.05, 0) is 6.42 Å². The topological polar surface area (TPSA) is 68.6 Å². The van der Waals surface area contributed by atoms with E-state index in [1.807, 2.05) is 17.1 Å². The average Bonchev–Trinajstić information content (AvgIpc) is 2.71. The molecule has 1 unspecified atom stereocenters. The van der Waals surface area contributed by atoms with Gasteiger partial charge in [-0.2, -0.15) is 10.2 Å². The summed E-state index contributed by atoms with van der Waals surface area (Å²) < 4.78 is 1.93. The van der Waals surface area contributed by atoms with E-state index in [4.69, 9.17) is 5.73 Å². The zero-order valence-corrected chi connectivity index (χ0v) is 9.72. The minimum Gasteiger partial charge on any atom is -0.385 e. The lowest BCUT2D eigenvalue weighted by atomic mass is 9.99. The molecule has 0 saturated carbocycles. The van der Waals surface area contributed by atoms with Crippen molar-refractivity contribution in [3.05, 3.63) is 18.0 Å². The zero-order valence-electron chi connectivity index (χ0n) is 9.72. The van der Waals surface area contributed by atoms with Crippen LogP contribution in [0.2, 0.25) is 0 Å². The third-order valence-corrected chi connectivity index (χ3v) is 2.71. The van der Waals surface area contributed by atoms with Gasteiger partial charge < -0.3 is 5.73 Å². The first kappa shape index (κ1) is 10.9. The Morgan fingerprint density at radius 3 is 3.00 bits per heavy atom. The molecule has 1 aromatic heterocycles. The number of aromatic nitrogens is 2. The molecule has 0 spiro atoms. The summed E-state index contributed by atoms with van der Waals surface area (Å²) in [6.07, 6.45) is 5.78. The van der Waals surface area contributed by atoms with Crippen LogP contribution in [0.15, 0.2) is 22.6 Å². The summed E-state index contributed by atoms with van der Waals surface area (Å²) in [7, 11) is 0. The van der Waals surface area contributed by atoms with E-state index < -0.39 is 0 Å². The lowest BCUT2D eigenvalue weighted by Gasteiger charge is -2.14. The summed E-state index contributed by atoms with van der Waals surface area (Å²) in [5.41, 5.74) is 7.72. The Labute approximate surface area is 95.1 Å². The summed E-state index contributed by atoms with van der Waals surface area (Å²) in [5.74, 6) is 0.881. The highest BCUT2D eigenvalue weighted by atomic mass is 15.3. The summed E-state index contributed by atoms with van der Waals surface area (Å²) >= 11 is 0. The molecule has 0 amide bonds. The Bertz CT molecular complexity index is 429. The van der Waals surface area contributed by atoms with E-state index in [1.165, 1.54) is 0 Å². The normalized spacial score (nSPS) is 20.5. The maximum absolute atomic E-state index is 5.69. The maximum atomic E-state index is 5.69. The smallest absolute Gasteiger partial charge is 0.125 e. The highest BCUT2D eigenvalue weighted by Gasteiger charge is 2.18. The van der Waals surface area contributed by atoms with Crippen LogP contribution in [0.1, 0.15) is 32.3 Å². The molecule has 2 heterocycles. The van der Waals surface area contributed by atoms with Gasteiger partial charge in [0.15, 0.2) is 0 Å². The summed E-state index contributed by atoms with van der Waals surface area (Å²) in [6.45, 7) is 5.13. The zero-order chi connectivity index (χ0) is 11.5. The van der Waals surface area contributed by atoms with E-state index in [9.17, 15) is 0 Å². The van der Waals surface area contributed by atoms with E-state index in [1.54, 1.807) is 0 Å². The molecule has 1 atom stereocenters. The fourth-order valence-electron chi connectivity index (χ4n) is 1.69. The van der Waals surface area contributed by atoms with Crippen molar-refractivity contribution in [2.75, 3.05) is 0 Å². The fraction of sp³-hybridized carbons (Fsp3) is 0.545. The molecule has 1 aromatic rings. The van der Waals surface area contributed by atoms with Gasteiger partial charge >= 0.3 is 0 Å². The molecular weight excluding hydrogens is 202 g/mol. The molecule has 0 aromatic carbocycles. The third-order valence-electron chi connectivity index (χ3n) is 2.71. The number of aryl methyl sites for hydroxylation is 1. The molecule has 1 aliphatic rings. The van der Waals surface area contributed by atoms with Crippen molar-refractivity contribution in [2.45, 2.75) is 33.2 Å². The first-order valence-electron chi connectivity index (χ1n) is 5.63. The molecule has 16 heavy (non-hydrogen) atoms. The monoisotopic (exact) mass is 219 g/mol. The predicted molar refractivity (Wildman–Crippen MR) is 64.5 cm³/mol. The van der Waals surface area contributed by atoms with Crippen LogP contribution in [0.3, 0.4) is 0 Å². The first-order valence-corrected chi connectivity index (χ1v) is 5.63. The molecule has 2 rings (SSSR count). The SMILES string of the molecule is CCCn1cc(C2=NN=C(N)C(C)C2)cn1. The second-order valence-electron chi connectivity index (χ2n) is 4.17. The van der Waals surface area contributed by atoms with Gasteiger partial charge in [0.05, 0.1) is 11.9 Å². The lowest BCUT2D eigenvalue weighted by molar-refractivity contribution is 0.602. The minimum absolute atomic E-state index is 0.266. The van der Waals surface area contributed by atoms with Gasteiger partial charge in [0, 0.05) is 30.6 Å². The average molecular weight is 219 g/mol. The van der Waals surface area contributed by atoms with Gasteiger partial charge in [0.2, 0.25) is 0 Å². The van der Waals surface area contributed by atoms with Gasteiger partial charge in [0.25, 0.3) is 0 Å². The van der Waals surface area contributed by atoms with Gasteiger partial charge in [-0.3, -0.25) is 4.68 Å². The first-order chi connectivity index (χ1) is 7.70. The van der Waals surface area contributed by atoms with Gasteiger partial charge in [-0.15, -0.1) is 5.10 Å². The summed E-state index contributed by atoms with van der Waals surface area (Å²) in [5, 5.41) is 12.4. The van der Waals surface area contributed by atoms with Crippen molar-refractivity contribution in [3.8, 4) is 0 Å². The van der Waals surface area contributed by atoms with Crippen molar-refractivity contribution in [1.82, 2.24) is 9.78 Å². The Kier molecular flexibility index (Phi) is 3.03. The van der Waals surface area contributed by atoms with Crippen LogP contribution >= 0.6 is 0 Å². The van der Waals surface area contributed by atoms with Crippen LogP contribution in [0.5, 0.6) is 0 Å². The number of hydrogen-bond donors (Lipinski definition) is 1. The Balaban J connectivity index is 2.18. The van der Waals surface area contributed by atoms with E-state index in [0.29, 0.717) is 5.84 Å². The molecule has 0 bridgehead atoms. The number of nitrogens with zero attached hydrogens (tertiary/aromatic N) is 4. The standard InChI is InChI=1S/C11H17N5/c1-3-4-16-7-9(6-13-16)10-5-8(2)11(12)15-14-10/h6-8H,3-5H2,1-2H3,(H2,12,15). The summed E-state index contributed by atoms with van der Waals surface area (Å²) in [6, 6.07) is 0. The van der Waals surface area contributed by atoms with Crippen LogP contribution in [0, 0.1) is 5.92 Å². The molecule has 0 saturated heterocycles. The second kappa shape index (κ2) is 4.47. The third kappa shape index (κ3) is 2.13. The number of nitrogens with two attached hydrogens (primary N) is 1. The van der Waals surface area contributed by atoms with Crippen molar-refractivity contribution in [1.29, 1.82) is 0 Å². The molecule has 5 heteroatoms. The van der Waals surface area contributed by atoms with Crippen LogP contribution in [0.25, 0.3) is 0 Å². The number of hydrogen-bond acceptors (Lipinski definition) is 4. The molecule has 0 fully saturated rings. The van der Waals surface area contributed by atoms with Crippen LogP contribution in [0.4, 0.5) is 0 Å². The Morgan fingerprint density at radius 1 is 1.50 bits per heavy atom. The minimum atomic E-state index is 0.266. The van der Waals surface area contributed by atoms with Crippen LogP contribution < -0.4 is 5.73 Å². The van der Waals surface area contributed by atoms with E-state index in [2.05, 4.69) is 29.1 Å². The molecule has 0 aliphatic carbocycles. The Hall–Kier alpha value is -1.65. The van der Waals surface area contributed by atoms with Crippen molar-refractivity contribution >= 4 is 11.5 Å². The van der Waals surface area contributed by atoms with Crippen molar-refractivity contribution < 1.29 is 0 Å². The number of amidine groups is 1. The maximum Gasteiger partial charge on any atom is 0.125 e. The van der Waals surface area contributed by atoms with Crippen molar-refractivity contribution in [2.24, 2.45) is 21.9 Å². The van der Waals surface area contributed by atoms with Crippen molar-refractivity contribution in [3.63, 3.8) is 0 Å². The van der Waals surface area contributed by atoms with E-state index in [-0.39, 0.29) is 5.92 Å². The molecule has 1 aliphatic heterocycles. The van der Waals surface area contributed by atoms with Gasteiger partial charge in [0.1, 0.15) is 5.84 Å². The molecule has 5 nitrogen and oxygen atoms in total. The molecule has 2 N–H and O–H groups in total. The number of rotatable bonds is 3. The fourth-order valence-corrected chi connectivity index (χ4v) is 1.69. The quantitative estimate of drug-likeness (QED) is 0.834. The van der Waals surface area contributed by atoms with Gasteiger partial charge in [-0.1, -0.05) is 13.8 Å². The largest absolute Gasteiger partial charge is 0.385 e. The van der Waals surface area contributed by atoms with Gasteiger partial charge in [-0.25, -0.2) is 0 Å².